The fraction of sp³-hybridized carbons (Fsp3) is 0.930. The fourth-order valence-electron chi connectivity index (χ4n) is 9.45. The van der Waals surface area contributed by atoms with E-state index in [2.05, 4.69) is 26.0 Å². The lowest BCUT2D eigenvalue weighted by Crippen LogP contribution is -2.61. The van der Waals surface area contributed by atoms with Gasteiger partial charge in [-0.3, -0.25) is 9.59 Å². The number of hydrogen-bond donors (Lipinski definition) is 7. The van der Waals surface area contributed by atoms with Crippen molar-refractivity contribution in [3.8, 4) is 0 Å². The van der Waals surface area contributed by atoms with Crippen molar-refractivity contribution >= 4 is 11.9 Å². The van der Waals surface area contributed by atoms with Gasteiger partial charge in [0.1, 0.15) is 55.4 Å². The molecule has 0 aromatic rings. The highest BCUT2D eigenvalue weighted by molar-refractivity contribution is 5.70. The Kier molecular flexibility index (Phi) is 40.9. The van der Waals surface area contributed by atoms with E-state index >= 15 is 0 Å². The molecule has 0 spiro atoms. The van der Waals surface area contributed by atoms with Crippen molar-refractivity contribution in [1.29, 1.82) is 0 Å². The molecule has 2 saturated heterocycles. The second kappa shape index (κ2) is 44.4. The number of unbranched alkanes of at least 4 members (excludes halogenated alkanes) is 31. The highest BCUT2D eigenvalue weighted by Crippen LogP contribution is 2.27. The number of ether oxygens (including phenoxy) is 6. The minimum atomic E-state index is -1.76. The number of hydrogen-bond acceptors (Lipinski definition) is 15. The molecule has 0 amide bonds. The molecule has 0 aliphatic carbocycles. The van der Waals surface area contributed by atoms with Gasteiger partial charge in [0, 0.05) is 12.8 Å². The van der Waals surface area contributed by atoms with Gasteiger partial charge < -0.3 is 64.2 Å². The average Bonchev–Trinajstić information content (AvgIpc) is 3.37. The molecule has 2 fully saturated rings. The standard InChI is InChI=1S/C57H106O15/c1-3-5-7-9-11-13-15-17-19-21-22-24-26-28-30-32-34-36-38-40-49(60)70-45(42-67-48(59)39-37-35-33-31-29-27-25-23-20-18-16-14-12-10-8-6-4-2)43-68-56-55(66)53(64)51(62)47(72-56)44-69-57-54(65)52(63)50(61)46(41-58)71-57/h17,19,45-47,50-58,61-66H,3-16,18,20-44H2,1-2H3/b19-17+/t45-,46+,47+,50-,51-,52?,53?,54?,55?,56+,57+/m1/s1. The number of aliphatic hydroxyl groups is 7. The highest BCUT2D eigenvalue weighted by atomic mass is 16.7. The molecular weight excluding hydrogens is 925 g/mol. The molecule has 72 heavy (non-hydrogen) atoms. The van der Waals surface area contributed by atoms with E-state index in [0.717, 1.165) is 44.9 Å². The van der Waals surface area contributed by atoms with E-state index in [9.17, 15) is 45.3 Å². The Bertz CT molecular complexity index is 1300. The summed E-state index contributed by atoms with van der Waals surface area (Å²) in [5.74, 6) is -0.911. The summed E-state index contributed by atoms with van der Waals surface area (Å²) < 4.78 is 33.7. The Morgan fingerprint density at radius 3 is 1.22 bits per heavy atom. The third kappa shape index (κ3) is 31.3. The minimum Gasteiger partial charge on any atom is -0.462 e. The Labute approximate surface area is 435 Å². The Morgan fingerprint density at radius 2 is 0.792 bits per heavy atom. The van der Waals surface area contributed by atoms with E-state index in [0.29, 0.717) is 12.8 Å². The summed E-state index contributed by atoms with van der Waals surface area (Å²) in [6.45, 7) is 2.64. The zero-order chi connectivity index (χ0) is 52.4. The van der Waals surface area contributed by atoms with Crippen LogP contribution in [-0.2, 0) is 38.0 Å². The first-order valence-corrected chi connectivity index (χ1v) is 29.3. The van der Waals surface area contributed by atoms with Crippen LogP contribution in [0.1, 0.15) is 245 Å². The number of carbonyl (C=O) groups is 2. The molecule has 0 radical (unpaired) electrons. The van der Waals surface area contributed by atoms with Gasteiger partial charge in [-0.25, -0.2) is 0 Å². The van der Waals surface area contributed by atoms with Crippen molar-refractivity contribution in [2.45, 2.75) is 313 Å². The highest BCUT2D eigenvalue weighted by Gasteiger charge is 2.47. The Balaban J connectivity index is 1.75. The van der Waals surface area contributed by atoms with Gasteiger partial charge >= 0.3 is 11.9 Å². The lowest BCUT2D eigenvalue weighted by atomic mass is 9.98. The molecule has 15 nitrogen and oxygen atoms in total. The third-order valence-electron chi connectivity index (χ3n) is 14.2. The average molecular weight is 1030 g/mol. The number of esters is 2. The van der Waals surface area contributed by atoms with E-state index in [4.69, 9.17) is 28.4 Å². The molecule has 0 aromatic carbocycles. The molecule has 15 heteroatoms. The molecule has 2 heterocycles. The van der Waals surface area contributed by atoms with Crippen LogP contribution < -0.4 is 0 Å². The van der Waals surface area contributed by atoms with Crippen molar-refractivity contribution < 1.29 is 73.8 Å². The van der Waals surface area contributed by atoms with Crippen molar-refractivity contribution in [1.82, 2.24) is 0 Å². The molecule has 2 aliphatic heterocycles. The summed E-state index contributed by atoms with van der Waals surface area (Å²) >= 11 is 0. The summed E-state index contributed by atoms with van der Waals surface area (Å²) in [6.07, 6.45) is 29.4. The van der Waals surface area contributed by atoms with Gasteiger partial charge in [-0.15, -0.1) is 0 Å². The van der Waals surface area contributed by atoms with E-state index in [1.165, 1.54) is 161 Å². The van der Waals surface area contributed by atoms with Crippen molar-refractivity contribution in [2.24, 2.45) is 0 Å². The van der Waals surface area contributed by atoms with E-state index < -0.39 is 92.7 Å². The maximum atomic E-state index is 13.1. The lowest BCUT2D eigenvalue weighted by Gasteiger charge is -2.42. The number of rotatable bonds is 47. The lowest BCUT2D eigenvalue weighted by molar-refractivity contribution is -0.332. The van der Waals surface area contributed by atoms with Crippen molar-refractivity contribution in [3.63, 3.8) is 0 Å². The predicted molar refractivity (Wildman–Crippen MR) is 280 cm³/mol. The van der Waals surface area contributed by atoms with Gasteiger partial charge in [-0.05, 0) is 38.5 Å². The molecule has 4 unspecified atom stereocenters. The van der Waals surface area contributed by atoms with Crippen LogP contribution in [0.15, 0.2) is 12.2 Å². The molecule has 7 N–H and O–H groups in total. The topological polar surface area (TPSA) is 231 Å². The second-order valence-corrected chi connectivity index (χ2v) is 20.8. The van der Waals surface area contributed by atoms with Gasteiger partial charge in [-0.1, -0.05) is 206 Å². The smallest absolute Gasteiger partial charge is 0.306 e. The molecule has 0 bridgehead atoms. The Morgan fingerprint density at radius 1 is 0.431 bits per heavy atom. The van der Waals surface area contributed by atoms with Crippen LogP contribution in [0.25, 0.3) is 0 Å². The van der Waals surface area contributed by atoms with E-state index in [-0.39, 0.29) is 26.1 Å². The quantitative estimate of drug-likeness (QED) is 0.0171. The maximum absolute atomic E-state index is 13.1. The number of aliphatic hydroxyl groups excluding tert-OH is 7. The third-order valence-corrected chi connectivity index (χ3v) is 14.2. The van der Waals surface area contributed by atoms with Crippen molar-refractivity contribution in [2.75, 3.05) is 26.4 Å². The van der Waals surface area contributed by atoms with Crippen LogP contribution in [0.5, 0.6) is 0 Å². The van der Waals surface area contributed by atoms with E-state index in [1.807, 2.05) is 0 Å². The minimum absolute atomic E-state index is 0.168. The number of allylic oxidation sites excluding steroid dienone is 2. The molecule has 2 rings (SSSR count). The predicted octanol–water partition coefficient (Wildman–Crippen LogP) is 9.72. The van der Waals surface area contributed by atoms with Crippen LogP contribution in [-0.4, -0.2) is 142 Å². The van der Waals surface area contributed by atoms with Gasteiger partial charge in [0.15, 0.2) is 18.7 Å². The first kappa shape index (κ1) is 66.4. The molecule has 11 atom stereocenters. The van der Waals surface area contributed by atoms with Crippen LogP contribution in [0.3, 0.4) is 0 Å². The SMILES string of the molecule is CCCCCCCC/C=C/CCCCCCCCCCCC(=O)O[C@H](COC(=O)CCCCCCCCCCCCCCCCCCC)CO[C@H]1O[C@@H](CO[C@H]2O[C@@H](CO)[C@@H](O)C(O)C2O)[C@@H](O)C(O)C1O. The second-order valence-electron chi connectivity index (χ2n) is 20.8. The van der Waals surface area contributed by atoms with Crippen LogP contribution in [0.4, 0.5) is 0 Å². The summed E-state index contributed by atoms with van der Waals surface area (Å²) in [4.78, 5) is 25.9. The first-order chi connectivity index (χ1) is 35.0. The first-order valence-electron chi connectivity index (χ1n) is 29.3. The molecule has 0 aromatic heterocycles. The Hall–Kier alpha value is -1.76. The summed E-state index contributed by atoms with van der Waals surface area (Å²) in [7, 11) is 0. The normalized spacial score (nSPS) is 25.0. The molecule has 0 saturated carbocycles. The van der Waals surface area contributed by atoms with Gasteiger partial charge in [0.2, 0.25) is 0 Å². The zero-order valence-electron chi connectivity index (χ0n) is 45.2. The summed E-state index contributed by atoms with van der Waals surface area (Å²) in [5.41, 5.74) is 0. The van der Waals surface area contributed by atoms with E-state index in [1.54, 1.807) is 0 Å². The zero-order valence-corrected chi connectivity index (χ0v) is 45.2. The van der Waals surface area contributed by atoms with Gasteiger partial charge in [0.25, 0.3) is 0 Å². The van der Waals surface area contributed by atoms with Gasteiger partial charge in [0.05, 0.1) is 19.8 Å². The summed E-state index contributed by atoms with van der Waals surface area (Å²) in [5, 5.41) is 72.3. The van der Waals surface area contributed by atoms with Crippen LogP contribution in [0.2, 0.25) is 0 Å². The largest absolute Gasteiger partial charge is 0.462 e. The fourth-order valence-corrected chi connectivity index (χ4v) is 9.45. The monoisotopic (exact) mass is 1030 g/mol. The molecule has 424 valence electrons. The molecular formula is C57H106O15. The van der Waals surface area contributed by atoms with Gasteiger partial charge in [-0.2, -0.15) is 0 Å². The maximum Gasteiger partial charge on any atom is 0.306 e. The van der Waals surface area contributed by atoms with Crippen molar-refractivity contribution in [3.05, 3.63) is 12.2 Å². The molecule has 2 aliphatic rings. The van der Waals surface area contributed by atoms with Crippen LogP contribution in [0, 0.1) is 0 Å². The van der Waals surface area contributed by atoms with Crippen LogP contribution >= 0.6 is 0 Å². The number of carbonyl (C=O) groups excluding carboxylic acids is 2. The summed E-state index contributed by atoms with van der Waals surface area (Å²) in [6, 6.07) is 0.